The van der Waals surface area contributed by atoms with E-state index in [9.17, 15) is 9.59 Å². The highest BCUT2D eigenvalue weighted by Gasteiger charge is 2.18. The van der Waals surface area contributed by atoms with Crippen molar-refractivity contribution >= 4 is 11.7 Å². The minimum absolute atomic E-state index is 0.00156. The molecule has 112 valence electrons. The molecule has 0 fully saturated rings. The first-order valence-electron chi connectivity index (χ1n) is 7.16. The Kier molecular flexibility index (Phi) is 10.4. The Bertz CT molecular complexity index is 269. The number of hydrogen-bond acceptors (Lipinski definition) is 4. The normalized spacial score (nSPS) is 12.5. The molecule has 0 aliphatic heterocycles. The number of nitrogens with one attached hydrogen (secondary N) is 2. The molecule has 0 heterocycles. The molecule has 1 amide bonds. The number of carbonyl (C=O) groups is 2. The minimum atomic E-state index is -0.515. The number of hydrogen-bond donors (Lipinski definition) is 2. The molecule has 0 rings (SSSR count). The van der Waals surface area contributed by atoms with Crippen LogP contribution in [0.2, 0.25) is 0 Å². The van der Waals surface area contributed by atoms with Crippen LogP contribution in [0.25, 0.3) is 0 Å². The average Bonchev–Trinajstić information content (AvgIpc) is 2.41. The Hall–Kier alpha value is -0.940. The molecule has 0 aliphatic carbocycles. The van der Waals surface area contributed by atoms with E-state index >= 15 is 0 Å². The second-order valence-corrected chi connectivity index (χ2v) is 4.95. The van der Waals surface area contributed by atoms with E-state index in [2.05, 4.69) is 22.6 Å². The first kappa shape index (κ1) is 18.1. The molecule has 0 spiro atoms. The number of carbonyl (C=O) groups excluding carboxylic acids is 2. The third-order valence-electron chi connectivity index (χ3n) is 3.21. The maximum atomic E-state index is 11.6. The second-order valence-electron chi connectivity index (χ2n) is 4.95. The van der Waals surface area contributed by atoms with Crippen LogP contribution in [0.3, 0.4) is 0 Å². The van der Waals surface area contributed by atoms with Crippen LogP contribution < -0.4 is 10.6 Å². The number of rotatable bonds is 11. The predicted molar refractivity (Wildman–Crippen MR) is 78.1 cm³/mol. The highest BCUT2D eigenvalue weighted by Crippen LogP contribution is 2.00. The Morgan fingerprint density at radius 1 is 1.16 bits per heavy atom. The molecule has 0 saturated heterocycles. The molecular weight excluding hydrogens is 242 g/mol. The van der Waals surface area contributed by atoms with E-state index in [1.54, 1.807) is 13.8 Å². The lowest BCUT2D eigenvalue weighted by molar-refractivity contribution is -0.133. The zero-order valence-electron chi connectivity index (χ0n) is 12.8. The summed E-state index contributed by atoms with van der Waals surface area (Å²) in [6, 6.07) is 0. The van der Waals surface area contributed by atoms with Crippen molar-refractivity contribution in [1.29, 1.82) is 0 Å². The van der Waals surface area contributed by atoms with Gasteiger partial charge in [0.2, 0.25) is 5.91 Å². The smallest absolute Gasteiger partial charge is 0.230 e. The SMILES string of the molecule is CCC(=O)C(C)C(=O)NCCCN(C)CCCNC. The highest BCUT2D eigenvalue weighted by atomic mass is 16.2. The van der Waals surface area contributed by atoms with E-state index in [1.165, 1.54) is 0 Å². The van der Waals surface area contributed by atoms with Crippen LogP contribution in [0, 0.1) is 5.92 Å². The molecule has 1 unspecified atom stereocenters. The van der Waals surface area contributed by atoms with Gasteiger partial charge in [0.15, 0.2) is 0 Å². The number of ketones is 1. The van der Waals surface area contributed by atoms with Crippen molar-refractivity contribution < 1.29 is 9.59 Å². The van der Waals surface area contributed by atoms with Crippen LogP contribution in [0.5, 0.6) is 0 Å². The summed E-state index contributed by atoms with van der Waals surface area (Å²) in [6.45, 7) is 7.13. The van der Waals surface area contributed by atoms with Gasteiger partial charge in [0, 0.05) is 13.0 Å². The van der Waals surface area contributed by atoms with Crippen molar-refractivity contribution in [2.45, 2.75) is 33.1 Å². The Morgan fingerprint density at radius 2 is 1.74 bits per heavy atom. The molecule has 5 heteroatoms. The standard InChI is InChI=1S/C14H29N3O2/c1-5-13(18)12(2)14(19)16-9-7-11-17(4)10-6-8-15-3/h12,15H,5-11H2,1-4H3,(H,16,19). The van der Waals surface area contributed by atoms with Gasteiger partial charge >= 0.3 is 0 Å². The second kappa shape index (κ2) is 10.9. The largest absolute Gasteiger partial charge is 0.355 e. The third kappa shape index (κ3) is 8.72. The van der Waals surface area contributed by atoms with Crippen molar-refractivity contribution in [3.05, 3.63) is 0 Å². The zero-order valence-corrected chi connectivity index (χ0v) is 12.8. The number of amides is 1. The van der Waals surface area contributed by atoms with Gasteiger partial charge in [-0.2, -0.15) is 0 Å². The fraction of sp³-hybridized carbons (Fsp3) is 0.857. The Morgan fingerprint density at radius 3 is 2.26 bits per heavy atom. The summed E-state index contributed by atoms with van der Waals surface area (Å²) in [4.78, 5) is 25.3. The maximum absolute atomic E-state index is 11.6. The quantitative estimate of drug-likeness (QED) is 0.428. The van der Waals surface area contributed by atoms with E-state index in [4.69, 9.17) is 0 Å². The van der Waals surface area contributed by atoms with Crippen LogP contribution in [0.15, 0.2) is 0 Å². The van der Waals surface area contributed by atoms with Gasteiger partial charge in [0.05, 0.1) is 5.92 Å². The first-order chi connectivity index (χ1) is 9.02. The monoisotopic (exact) mass is 271 g/mol. The molecule has 0 aromatic rings. The fourth-order valence-corrected chi connectivity index (χ4v) is 1.80. The van der Waals surface area contributed by atoms with Crippen LogP contribution in [0.4, 0.5) is 0 Å². The zero-order chi connectivity index (χ0) is 14.7. The van der Waals surface area contributed by atoms with Crippen LogP contribution in [-0.4, -0.2) is 56.9 Å². The summed E-state index contributed by atoms with van der Waals surface area (Å²) in [5.41, 5.74) is 0. The molecule has 0 aromatic heterocycles. The summed E-state index contributed by atoms with van der Waals surface area (Å²) < 4.78 is 0. The molecule has 19 heavy (non-hydrogen) atoms. The van der Waals surface area contributed by atoms with Gasteiger partial charge in [0.25, 0.3) is 0 Å². The molecule has 0 aromatic carbocycles. The molecular formula is C14H29N3O2. The first-order valence-corrected chi connectivity index (χ1v) is 7.16. The topological polar surface area (TPSA) is 61.4 Å². The van der Waals surface area contributed by atoms with Gasteiger partial charge in [-0.1, -0.05) is 6.92 Å². The van der Waals surface area contributed by atoms with Crippen LogP contribution >= 0.6 is 0 Å². The maximum Gasteiger partial charge on any atom is 0.230 e. The summed E-state index contributed by atoms with van der Waals surface area (Å²) in [7, 11) is 4.04. The summed E-state index contributed by atoms with van der Waals surface area (Å²) in [5, 5.41) is 5.94. The molecule has 0 saturated carbocycles. The molecule has 1 atom stereocenters. The molecule has 0 radical (unpaired) electrons. The van der Waals surface area contributed by atoms with Crippen molar-refractivity contribution in [3.8, 4) is 0 Å². The highest BCUT2D eigenvalue weighted by molar-refractivity contribution is 6.00. The van der Waals surface area contributed by atoms with Gasteiger partial charge in [-0.25, -0.2) is 0 Å². The lowest BCUT2D eigenvalue weighted by atomic mass is 10.0. The van der Waals surface area contributed by atoms with E-state index in [0.29, 0.717) is 13.0 Å². The van der Waals surface area contributed by atoms with Gasteiger partial charge in [-0.05, 0) is 53.5 Å². The van der Waals surface area contributed by atoms with E-state index in [-0.39, 0.29) is 11.7 Å². The summed E-state index contributed by atoms with van der Waals surface area (Å²) in [5.74, 6) is -0.662. The van der Waals surface area contributed by atoms with Crippen LogP contribution in [-0.2, 0) is 9.59 Å². The minimum Gasteiger partial charge on any atom is -0.355 e. The summed E-state index contributed by atoms with van der Waals surface area (Å²) in [6.07, 6.45) is 2.46. The van der Waals surface area contributed by atoms with E-state index in [1.807, 2.05) is 7.05 Å². The number of Topliss-reactive ketones (excluding diaryl/α,β-unsaturated/α-hetero) is 1. The van der Waals surface area contributed by atoms with Gasteiger partial charge in [-0.15, -0.1) is 0 Å². The van der Waals surface area contributed by atoms with Crippen LogP contribution in [0.1, 0.15) is 33.1 Å². The molecule has 2 N–H and O–H groups in total. The summed E-state index contributed by atoms with van der Waals surface area (Å²) >= 11 is 0. The van der Waals surface area contributed by atoms with E-state index in [0.717, 1.165) is 32.5 Å². The Balaban J connectivity index is 3.63. The lowest BCUT2D eigenvalue weighted by Gasteiger charge is -2.17. The van der Waals surface area contributed by atoms with Crippen molar-refractivity contribution in [2.75, 3.05) is 40.3 Å². The molecule has 0 bridgehead atoms. The van der Waals surface area contributed by atoms with Gasteiger partial charge < -0.3 is 15.5 Å². The van der Waals surface area contributed by atoms with Crippen molar-refractivity contribution in [1.82, 2.24) is 15.5 Å². The van der Waals surface area contributed by atoms with Crippen molar-refractivity contribution in [2.24, 2.45) is 5.92 Å². The van der Waals surface area contributed by atoms with Crippen molar-refractivity contribution in [3.63, 3.8) is 0 Å². The lowest BCUT2D eigenvalue weighted by Crippen LogP contribution is -2.35. The Labute approximate surface area is 117 Å². The number of nitrogens with zero attached hydrogens (tertiary/aromatic N) is 1. The molecule has 0 aliphatic rings. The predicted octanol–water partition coefficient (Wildman–Crippen LogP) is 0.649. The molecule has 5 nitrogen and oxygen atoms in total. The third-order valence-corrected chi connectivity index (χ3v) is 3.21. The fourth-order valence-electron chi connectivity index (χ4n) is 1.80. The van der Waals surface area contributed by atoms with Gasteiger partial charge in [0.1, 0.15) is 5.78 Å². The van der Waals surface area contributed by atoms with Gasteiger partial charge in [-0.3, -0.25) is 9.59 Å². The van der Waals surface area contributed by atoms with E-state index < -0.39 is 5.92 Å². The average molecular weight is 271 g/mol.